The molecular weight excluding hydrogens is 190 g/mol. The van der Waals surface area contributed by atoms with Gasteiger partial charge in [0.05, 0.1) is 12.5 Å². The van der Waals surface area contributed by atoms with Crippen molar-refractivity contribution in [2.24, 2.45) is 0 Å². The molecule has 1 aromatic rings. The van der Waals surface area contributed by atoms with Crippen LogP contribution in [0.15, 0.2) is 30.3 Å². The third-order valence-electron chi connectivity index (χ3n) is 1.82. The highest BCUT2D eigenvalue weighted by atomic mass is 16.2. The lowest BCUT2D eigenvalue weighted by atomic mass is 10.2. The van der Waals surface area contributed by atoms with Crippen LogP contribution in [-0.4, -0.2) is 12.6 Å². The molecule has 4 nitrogen and oxygen atoms in total. The molecule has 0 heterocycles. The maximum atomic E-state index is 11.2. The molecule has 0 unspecified atom stereocenters. The van der Waals surface area contributed by atoms with Crippen molar-refractivity contribution in [3.8, 4) is 6.07 Å². The number of nitrogens with zero attached hydrogens (tertiary/aromatic N) is 1. The number of hydrogen-bond donors (Lipinski definition) is 2. The van der Waals surface area contributed by atoms with Crippen molar-refractivity contribution in [3.63, 3.8) is 0 Å². The summed E-state index contributed by atoms with van der Waals surface area (Å²) in [6.07, 6.45) is 0.332. The standard InChI is InChI=1S/C11H13N3O/c12-7-4-8-13-11(15)14-9-10-5-2-1-3-6-10/h1-3,5-6H,4,8-9H2,(H2,13,14,15). The summed E-state index contributed by atoms with van der Waals surface area (Å²) in [7, 11) is 0. The van der Waals surface area contributed by atoms with Gasteiger partial charge in [0.1, 0.15) is 0 Å². The van der Waals surface area contributed by atoms with Crippen LogP contribution < -0.4 is 10.6 Å². The summed E-state index contributed by atoms with van der Waals surface area (Å²) in [6.45, 7) is 0.885. The monoisotopic (exact) mass is 203 g/mol. The fraction of sp³-hybridized carbons (Fsp3) is 0.273. The molecule has 0 aliphatic carbocycles. The van der Waals surface area contributed by atoms with E-state index >= 15 is 0 Å². The van der Waals surface area contributed by atoms with Crippen molar-refractivity contribution < 1.29 is 4.79 Å². The second kappa shape index (κ2) is 6.44. The Balaban J connectivity index is 2.20. The fourth-order valence-electron chi connectivity index (χ4n) is 1.07. The molecule has 2 N–H and O–H groups in total. The van der Waals surface area contributed by atoms with Crippen LogP contribution in [0.4, 0.5) is 4.79 Å². The molecule has 0 bridgehead atoms. The van der Waals surface area contributed by atoms with E-state index in [-0.39, 0.29) is 6.03 Å². The van der Waals surface area contributed by atoms with Gasteiger partial charge in [-0.2, -0.15) is 5.26 Å². The normalized spacial score (nSPS) is 9.00. The summed E-state index contributed by atoms with van der Waals surface area (Å²) in [5.41, 5.74) is 1.05. The largest absolute Gasteiger partial charge is 0.337 e. The molecule has 4 heteroatoms. The lowest BCUT2D eigenvalue weighted by Crippen LogP contribution is -2.35. The Morgan fingerprint density at radius 1 is 1.27 bits per heavy atom. The van der Waals surface area contributed by atoms with Gasteiger partial charge in [-0.05, 0) is 5.56 Å². The minimum absolute atomic E-state index is 0.242. The van der Waals surface area contributed by atoms with E-state index in [0.29, 0.717) is 19.5 Å². The average Bonchev–Trinajstić information content (AvgIpc) is 2.28. The van der Waals surface area contributed by atoms with Gasteiger partial charge in [0, 0.05) is 13.1 Å². The Morgan fingerprint density at radius 2 is 2.00 bits per heavy atom. The van der Waals surface area contributed by atoms with Gasteiger partial charge in [0.15, 0.2) is 0 Å². The van der Waals surface area contributed by atoms with Gasteiger partial charge in [-0.1, -0.05) is 30.3 Å². The zero-order chi connectivity index (χ0) is 10.9. The van der Waals surface area contributed by atoms with E-state index in [1.807, 2.05) is 36.4 Å². The number of hydrogen-bond acceptors (Lipinski definition) is 2. The number of amides is 2. The molecule has 2 amide bonds. The third-order valence-corrected chi connectivity index (χ3v) is 1.82. The van der Waals surface area contributed by atoms with E-state index in [1.165, 1.54) is 0 Å². The second-order valence-corrected chi connectivity index (χ2v) is 3.00. The van der Waals surface area contributed by atoms with Crippen LogP contribution in [-0.2, 0) is 6.54 Å². The van der Waals surface area contributed by atoms with E-state index in [9.17, 15) is 4.79 Å². The van der Waals surface area contributed by atoms with Crippen LogP contribution in [0.5, 0.6) is 0 Å². The van der Waals surface area contributed by atoms with Crippen molar-refractivity contribution in [2.75, 3.05) is 6.54 Å². The zero-order valence-corrected chi connectivity index (χ0v) is 8.36. The molecule has 78 valence electrons. The molecular formula is C11H13N3O. The molecule has 0 saturated heterocycles. The second-order valence-electron chi connectivity index (χ2n) is 3.00. The molecule has 0 fully saturated rings. The molecule has 1 rings (SSSR count). The Morgan fingerprint density at radius 3 is 2.67 bits per heavy atom. The van der Waals surface area contributed by atoms with Gasteiger partial charge in [-0.15, -0.1) is 0 Å². The first kappa shape index (κ1) is 11.1. The summed E-state index contributed by atoms with van der Waals surface area (Å²) in [4.78, 5) is 11.2. The number of benzene rings is 1. The van der Waals surface area contributed by atoms with Gasteiger partial charge in [-0.3, -0.25) is 0 Å². The molecule has 1 aromatic carbocycles. The molecule has 0 saturated carbocycles. The molecule has 0 spiro atoms. The van der Waals surface area contributed by atoms with E-state index in [4.69, 9.17) is 5.26 Å². The Labute approximate surface area is 88.9 Å². The van der Waals surface area contributed by atoms with Crippen LogP contribution in [0, 0.1) is 11.3 Å². The van der Waals surface area contributed by atoms with E-state index in [0.717, 1.165) is 5.56 Å². The van der Waals surface area contributed by atoms with Crippen molar-refractivity contribution in [1.29, 1.82) is 5.26 Å². The summed E-state index contributed by atoms with van der Waals surface area (Å²) in [5, 5.41) is 13.5. The maximum Gasteiger partial charge on any atom is 0.315 e. The number of carbonyl (C=O) groups is 1. The summed E-state index contributed by atoms with van der Waals surface area (Å²) in [5.74, 6) is 0. The minimum Gasteiger partial charge on any atom is -0.337 e. The SMILES string of the molecule is N#CCCNC(=O)NCc1ccccc1. The van der Waals surface area contributed by atoms with Crippen LogP contribution in [0.2, 0.25) is 0 Å². The van der Waals surface area contributed by atoms with Crippen LogP contribution in [0.3, 0.4) is 0 Å². The quantitative estimate of drug-likeness (QED) is 0.726. The third kappa shape index (κ3) is 4.67. The van der Waals surface area contributed by atoms with Crippen LogP contribution in [0.25, 0.3) is 0 Å². The lowest BCUT2D eigenvalue weighted by Gasteiger charge is -2.05. The van der Waals surface area contributed by atoms with Crippen LogP contribution >= 0.6 is 0 Å². The van der Waals surface area contributed by atoms with Crippen molar-refractivity contribution in [1.82, 2.24) is 10.6 Å². The number of nitrogens with one attached hydrogen (secondary N) is 2. The fourth-order valence-corrected chi connectivity index (χ4v) is 1.07. The molecule has 0 aliphatic rings. The minimum atomic E-state index is -0.242. The Bertz CT molecular complexity index is 343. The molecule has 0 aliphatic heterocycles. The van der Waals surface area contributed by atoms with Crippen molar-refractivity contribution in [2.45, 2.75) is 13.0 Å². The predicted molar refractivity (Wildman–Crippen MR) is 56.9 cm³/mol. The summed E-state index contributed by atoms with van der Waals surface area (Å²) >= 11 is 0. The number of urea groups is 1. The Kier molecular flexibility index (Phi) is 4.74. The van der Waals surface area contributed by atoms with Gasteiger partial charge in [0.25, 0.3) is 0 Å². The molecule has 0 atom stereocenters. The summed E-state index contributed by atoms with van der Waals surface area (Å²) in [6, 6.07) is 11.4. The van der Waals surface area contributed by atoms with E-state index < -0.39 is 0 Å². The van der Waals surface area contributed by atoms with Gasteiger partial charge < -0.3 is 10.6 Å². The molecule has 15 heavy (non-hydrogen) atoms. The molecule has 0 radical (unpaired) electrons. The highest BCUT2D eigenvalue weighted by Crippen LogP contribution is 1.96. The first-order valence-electron chi connectivity index (χ1n) is 4.75. The van der Waals surface area contributed by atoms with E-state index in [1.54, 1.807) is 0 Å². The van der Waals surface area contributed by atoms with Gasteiger partial charge >= 0.3 is 6.03 Å². The van der Waals surface area contributed by atoms with Gasteiger partial charge in [-0.25, -0.2) is 4.79 Å². The van der Waals surface area contributed by atoms with Gasteiger partial charge in [0.2, 0.25) is 0 Å². The first-order valence-corrected chi connectivity index (χ1v) is 4.75. The Hall–Kier alpha value is -2.02. The topological polar surface area (TPSA) is 64.9 Å². The van der Waals surface area contributed by atoms with Crippen molar-refractivity contribution >= 4 is 6.03 Å². The lowest BCUT2D eigenvalue weighted by molar-refractivity contribution is 0.240. The number of carbonyl (C=O) groups excluding carboxylic acids is 1. The number of rotatable bonds is 4. The predicted octanol–water partition coefficient (Wildman–Crippen LogP) is 1.40. The van der Waals surface area contributed by atoms with E-state index in [2.05, 4.69) is 10.6 Å². The summed E-state index contributed by atoms with van der Waals surface area (Å²) < 4.78 is 0. The molecule has 0 aromatic heterocycles. The highest BCUT2D eigenvalue weighted by Gasteiger charge is 1.98. The zero-order valence-electron chi connectivity index (χ0n) is 8.36. The highest BCUT2D eigenvalue weighted by molar-refractivity contribution is 5.73. The maximum absolute atomic E-state index is 11.2. The average molecular weight is 203 g/mol. The van der Waals surface area contributed by atoms with Crippen molar-refractivity contribution in [3.05, 3.63) is 35.9 Å². The smallest absolute Gasteiger partial charge is 0.315 e. The van der Waals surface area contributed by atoms with Crippen LogP contribution in [0.1, 0.15) is 12.0 Å². The number of nitriles is 1. The first-order chi connectivity index (χ1) is 7.33.